The highest BCUT2D eigenvalue weighted by Crippen LogP contribution is 2.16. The first-order valence-corrected chi connectivity index (χ1v) is 7.02. The summed E-state index contributed by atoms with van der Waals surface area (Å²) in [5.41, 5.74) is 0.604. The van der Waals surface area contributed by atoms with Crippen molar-refractivity contribution in [1.29, 1.82) is 0 Å². The van der Waals surface area contributed by atoms with Gasteiger partial charge < -0.3 is 4.74 Å². The molecule has 2 N–H and O–H groups in total. The molecule has 1 aromatic rings. The Balaban J connectivity index is 3.13. The Morgan fingerprint density at radius 2 is 1.89 bits per heavy atom. The summed E-state index contributed by atoms with van der Waals surface area (Å²) < 4.78 is 27.4. The van der Waals surface area contributed by atoms with Gasteiger partial charge in [0.2, 0.25) is 10.0 Å². The van der Waals surface area contributed by atoms with E-state index in [4.69, 9.17) is 9.88 Å². The van der Waals surface area contributed by atoms with Gasteiger partial charge in [-0.2, -0.15) is 0 Å². The Kier molecular flexibility index (Phi) is 4.43. The van der Waals surface area contributed by atoms with E-state index in [1.165, 1.54) is 26.0 Å². The number of nitrogens with two attached hydrogens (primary N) is 1. The molecule has 6 nitrogen and oxygen atoms in total. The lowest BCUT2D eigenvalue weighted by Crippen LogP contribution is -2.22. The first-order valence-electron chi connectivity index (χ1n) is 5.48. The molecule has 1 rings (SSSR count). The minimum absolute atomic E-state index is 0.0691. The zero-order chi connectivity index (χ0) is 14.8. The Bertz CT molecular complexity index is 621. The summed E-state index contributed by atoms with van der Waals surface area (Å²) in [5.74, 6) is -1.06. The first kappa shape index (κ1) is 15.3. The monoisotopic (exact) mass is 285 g/mol. The van der Waals surface area contributed by atoms with Crippen LogP contribution in [0.15, 0.2) is 23.1 Å². The number of hydrogen-bond acceptors (Lipinski definition) is 5. The van der Waals surface area contributed by atoms with E-state index >= 15 is 0 Å². The van der Waals surface area contributed by atoms with Crippen molar-refractivity contribution in [2.75, 3.05) is 0 Å². The Morgan fingerprint density at radius 3 is 2.37 bits per heavy atom. The lowest BCUT2D eigenvalue weighted by molar-refractivity contribution is -0.124. The number of ether oxygens (including phenoxy) is 1. The van der Waals surface area contributed by atoms with Crippen molar-refractivity contribution in [3.8, 4) is 0 Å². The number of sulfonamides is 1. The van der Waals surface area contributed by atoms with Crippen LogP contribution in [0.25, 0.3) is 0 Å². The summed E-state index contributed by atoms with van der Waals surface area (Å²) in [6.45, 7) is 4.37. The quantitative estimate of drug-likeness (QED) is 0.823. The molecule has 0 bridgehead atoms. The standard InChI is InChI=1S/C12H15NO5S/c1-7-4-5-10(19(13,16)17)6-11(7)12(15)18-9(3)8(2)14/h4-6,9H,1-3H3,(H2,13,16,17). The molecule has 0 radical (unpaired) electrons. The van der Waals surface area contributed by atoms with Gasteiger partial charge in [0.15, 0.2) is 11.9 Å². The predicted octanol–water partition coefficient (Wildman–Crippen LogP) is 0.777. The van der Waals surface area contributed by atoms with Crippen LogP contribution in [0.2, 0.25) is 0 Å². The van der Waals surface area contributed by atoms with Crippen LogP contribution in [-0.4, -0.2) is 26.3 Å². The summed E-state index contributed by atoms with van der Waals surface area (Å²) in [7, 11) is -3.90. The molecule has 19 heavy (non-hydrogen) atoms. The van der Waals surface area contributed by atoms with Crippen LogP contribution in [-0.2, 0) is 19.6 Å². The third-order valence-corrected chi connectivity index (χ3v) is 3.52. The molecule has 1 aromatic carbocycles. The maximum absolute atomic E-state index is 11.8. The van der Waals surface area contributed by atoms with Crippen LogP contribution in [0.4, 0.5) is 0 Å². The second-order valence-corrected chi connectivity index (χ2v) is 5.74. The number of esters is 1. The van der Waals surface area contributed by atoms with Crippen molar-refractivity contribution in [1.82, 2.24) is 0 Å². The largest absolute Gasteiger partial charge is 0.451 e. The average molecular weight is 285 g/mol. The van der Waals surface area contributed by atoms with Crippen LogP contribution in [0.3, 0.4) is 0 Å². The van der Waals surface area contributed by atoms with E-state index in [1.807, 2.05) is 0 Å². The van der Waals surface area contributed by atoms with Gasteiger partial charge in [-0.15, -0.1) is 0 Å². The molecule has 0 aliphatic heterocycles. The number of carbonyl (C=O) groups is 2. The second-order valence-electron chi connectivity index (χ2n) is 4.18. The van der Waals surface area contributed by atoms with Crippen LogP contribution in [0.5, 0.6) is 0 Å². The number of hydrogen-bond donors (Lipinski definition) is 1. The number of primary sulfonamides is 1. The molecular formula is C12H15NO5S. The molecule has 0 fully saturated rings. The van der Waals surface area contributed by atoms with Crippen molar-refractivity contribution < 1.29 is 22.7 Å². The van der Waals surface area contributed by atoms with E-state index in [-0.39, 0.29) is 16.2 Å². The molecule has 0 amide bonds. The fraction of sp³-hybridized carbons (Fsp3) is 0.333. The van der Waals surface area contributed by atoms with Gasteiger partial charge in [0, 0.05) is 0 Å². The highest BCUT2D eigenvalue weighted by atomic mass is 32.2. The number of carbonyl (C=O) groups excluding carboxylic acids is 2. The third-order valence-electron chi connectivity index (χ3n) is 2.61. The van der Waals surface area contributed by atoms with Crippen molar-refractivity contribution >= 4 is 21.8 Å². The third kappa shape index (κ3) is 3.87. The Morgan fingerprint density at radius 1 is 1.32 bits per heavy atom. The van der Waals surface area contributed by atoms with Crippen LogP contribution < -0.4 is 5.14 Å². The molecule has 104 valence electrons. The maximum atomic E-state index is 11.8. The summed E-state index contributed by atoms with van der Waals surface area (Å²) >= 11 is 0. The van der Waals surface area contributed by atoms with E-state index < -0.39 is 22.1 Å². The van der Waals surface area contributed by atoms with Crippen molar-refractivity contribution in [2.45, 2.75) is 31.8 Å². The summed E-state index contributed by atoms with van der Waals surface area (Å²) in [5, 5.41) is 4.99. The lowest BCUT2D eigenvalue weighted by atomic mass is 10.1. The minimum atomic E-state index is -3.90. The minimum Gasteiger partial charge on any atom is -0.451 e. The number of benzene rings is 1. The lowest BCUT2D eigenvalue weighted by Gasteiger charge is -2.12. The van der Waals surface area contributed by atoms with Gasteiger partial charge in [-0.1, -0.05) is 6.07 Å². The van der Waals surface area contributed by atoms with E-state index in [0.29, 0.717) is 5.56 Å². The number of aryl methyl sites for hydroxylation is 1. The smallest absolute Gasteiger partial charge is 0.339 e. The normalized spacial score (nSPS) is 12.8. The van der Waals surface area contributed by atoms with Gasteiger partial charge in [0.05, 0.1) is 10.5 Å². The second kappa shape index (κ2) is 5.50. The van der Waals surface area contributed by atoms with Crippen LogP contribution >= 0.6 is 0 Å². The number of ketones is 1. The molecule has 0 saturated carbocycles. The molecule has 0 aliphatic rings. The molecule has 1 unspecified atom stereocenters. The zero-order valence-corrected chi connectivity index (χ0v) is 11.7. The molecule has 0 spiro atoms. The van der Waals surface area contributed by atoms with Gasteiger partial charge in [-0.05, 0) is 38.5 Å². The van der Waals surface area contributed by atoms with Gasteiger partial charge in [0.1, 0.15) is 0 Å². The van der Waals surface area contributed by atoms with Crippen LogP contribution in [0, 0.1) is 6.92 Å². The molecule has 0 heterocycles. The van der Waals surface area contributed by atoms with E-state index in [0.717, 1.165) is 6.07 Å². The topological polar surface area (TPSA) is 104 Å². The van der Waals surface area contributed by atoms with Crippen molar-refractivity contribution in [2.24, 2.45) is 5.14 Å². The highest BCUT2D eigenvalue weighted by molar-refractivity contribution is 7.89. The van der Waals surface area contributed by atoms with Crippen LogP contribution in [0.1, 0.15) is 29.8 Å². The highest BCUT2D eigenvalue weighted by Gasteiger charge is 2.19. The molecule has 1 atom stereocenters. The van der Waals surface area contributed by atoms with Gasteiger partial charge in [-0.25, -0.2) is 18.4 Å². The van der Waals surface area contributed by atoms with Gasteiger partial charge in [0.25, 0.3) is 0 Å². The average Bonchev–Trinajstić information content (AvgIpc) is 2.27. The van der Waals surface area contributed by atoms with E-state index in [9.17, 15) is 18.0 Å². The first-order chi connectivity index (χ1) is 8.62. The van der Waals surface area contributed by atoms with E-state index in [1.54, 1.807) is 6.92 Å². The Hall–Kier alpha value is -1.73. The van der Waals surface area contributed by atoms with Gasteiger partial charge >= 0.3 is 5.97 Å². The molecule has 0 aliphatic carbocycles. The molecular weight excluding hydrogens is 270 g/mol. The summed E-state index contributed by atoms with van der Waals surface area (Å²) in [4.78, 5) is 22.7. The maximum Gasteiger partial charge on any atom is 0.339 e. The fourth-order valence-corrected chi connectivity index (χ4v) is 1.84. The zero-order valence-electron chi connectivity index (χ0n) is 10.8. The number of Topliss-reactive ketones (excluding diaryl/α,β-unsaturated/α-hetero) is 1. The SMILES string of the molecule is CC(=O)C(C)OC(=O)c1cc(S(N)(=O)=O)ccc1C. The van der Waals surface area contributed by atoms with Crippen molar-refractivity contribution in [3.05, 3.63) is 29.3 Å². The van der Waals surface area contributed by atoms with E-state index in [2.05, 4.69) is 0 Å². The summed E-state index contributed by atoms with van der Waals surface area (Å²) in [6.07, 6.45) is -0.884. The molecule has 0 aromatic heterocycles. The summed E-state index contributed by atoms with van der Waals surface area (Å²) in [6, 6.07) is 3.89. The van der Waals surface area contributed by atoms with Gasteiger partial charge in [-0.3, -0.25) is 4.79 Å². The fourth-order valence-electron chi connectivity index (χ4n) is 1.31. The Labute approximate surface area is 111 Å². The number of rotatable bonds is 4. The predicted molar refractivity (Wildman–Crippen MR) is 68.1 cm³/mol. The molecule has 0 saturated heterocycles. The molecule has 7 heteroatoms. The van der Waals surface area contributed by atoms with Crippen molar-refractivity contribution in [3.63, 3.8) is 0 Å².